The van der Waals surface area contributed by atoms with Gasteiger partial charge in [0.2, 0.25) is 0 Å². The summed E-state index contributed by atoms with van der Waals surface area (Å²) in [6.07, 6.45) is 10.6. The first-order valence-electron chi connectivity index (χ1n) is 8.84. The summed E-state index contributed by atoms with van der Waals surface area (Å²) in [6, 6.07) is 9.46. The first-order chi connectivity index (χ1) is 10.3. The summed E-state index contributed by atoms with van der Waals surface area (Å²) in [5.74, 6) is 8.44. The molecule has 0 aromatic heterocycles. The fourth-order valence-electron chi connectivity index (χ4n) is 4.65. The van der Waals surface area contributed by atoms with Crippen molar-refractivity contribution in [1.29, 1.82) is 0 Å². The predicted octanol–water partition coefficient (Wildman–Crippen LogP) is 3.84. The van der Waals surface area contributed by atoms with E-state index in [1.165, 1.54) is 51.4 Å². The second-order valence-corrected chi connectivity index (χ2v) is 7.15. The topological polar surface area (TPSA) is 38.0 Å². The van der Waals surface area contributed by atoms with Crippen LogP contribution in [0.1, 0.15) is 56.6 Å². The first kappa shape index (κ1) is 15.1. The van der Waals surface area contributed by atoms with Crippen LogP contribution in [0.5, 0.6) is 0 Å². The highest BCUT2D eigenvalue weighted by atomic mass is 15.2. The number of hydrazine groups is 1. The summed E-state index contributed by atoms with van der Waals surface area (Å²) in [7, 11) is 0. The van der Waals surface area contributed by atoms with Crippen LogP contribution < -0.4 is 11.3 Å². The molecule has 1 aromatic rings. The summed E-state index contributed by atoms with van der Waals surface area (Å²) >= 11 is 0. The van der Waals surface area contributed by atoms with Crippen molar-refractivity contribution >= 4 is 0 Å². The molecule has 0 saturated heterocycles. The van der Waals surface area contributed by atoms with E-state index < -0.39 is 0 Å². The Labute approximate surface area is 129 Å². The van der Waals surface area contributed by atoms with Crippen molar-refractivity contribution in [2.45, 2.75) is 64.3 Å². The molecule has 2 heteroatoms. The molecule has 1 saturated carbocycles. The van der Waals surface area contributed by atoms with Crippen LogP contribution in [-0.4, -0.2) is 6.04 Å². The van der Waals surface area contributed by atoms with Crippen molar-refractivity contribution in [3.63, 3.8) is 0 Å². The van der Waals surface area contributed by atoms with Crippen molar-refractivity contribution in [3.8, 4) is 0 Å². The Morgan fingerprint density at radius 1 is 1.05 bits per heavy atom. The van der Waals surface area contributed by atoms with Gasteiger partial charge < -0.3 is 0 Å². The van der Waals surface area contributed by atoms with E-state index in [4.69, 9.17) is 5.84 Å². The largest absolute Gasteiger partial charge is 0.271 e. The van der Waals surface area contributed by atoms with Crippen LogP contribution in [0.4, 0.5) is 0 Å². The van der Waals surface area contributed by atoms with Gasteiger partial charge in [-0.25, -0.2) is 0 Å². The number of aryl methyl sites for hydroxylation is 1. The van der Waals surface area contributed by atoms with Crippen LogP contribution >= 0.6 is 0 Å². The molecule has 2 nitrogen and oxygen atoms in total. The summed E-state index contributed by atoms with van der Waals surface area (Å²) in [6.45, 7) is 2.34. The lowest BCUT2D eigenvalue weighted by Gasteiger charge is -2.39. The lowest BCUT2D eigenvalue weighted by Crippen LogP contribution is -2.48. The third-order valence-corrected chi connectivity index (χ3v) is 6.06. The molecule has 21 heavy (non-hydrogen) atoms. The van der Waals surface area contributed by atoms with Gasteiger partial charge in [-0.3, -0.25) is 11.3 Å². The van der Waals surface area contributed by atoms with Gasteiger partial charge in [-0.15, -0.1) is 0 Å². The van der Waals surface area contributed by atoms with Crippen LogP contribution in [0.25, 0.3) is 0 Å². The number of nitrogens with two attached hydrogens (primary N) is 1. The summed E-state index contributed by atoms with van der Waals surface area (Å²) in [5.41, 5.74) is 6.31. The minimum atomic E-state index is 0.510. The van der Waals surface area contributed by atoms with E-state index in [2.05, 4.69) is 36.6 Å². The van der Waals surface area contributed by atoms with Crippen LogP contribution in [0.15, 0.2) is 24.3 Å². The monoisotopic (exact) mass is 286 g/mol. The average Bonchev–Trinajstić information content (AvgIpc) is 2.56. The van der Waals surface area contributed by atoms with Gasteiger partial charge in [-0.1, -0.05) is 50.5 Å². The smallest absolute Gasteiger partial charge is 0.0270 e. The van der Waals surface area contributed by atoms with E-state index in [1.807, 2.05) is 0 Å². The number of rotatable bonds is 4. The molecular weight excluding hydrogens is 256 g/mol. The van der Waals surface area contributed by atoms with Gasteiger partial charge in [0.25, 0.3) is 0 Å². The van der Waals surface area contributed by atoms with E-state index in [9.17, 15) is 0 Å². The Morgan fingerprint density at radius 2 is 1.76 bits per heavy atom. The van der Waals surface area contributed by atoms with Crippen molar-refractivity contribution < 1.29 is 0 Å². The van der Waals surface area contributed by atoms with Crippen LogP contribution in [0.2, 0.25) is 0 Å². The minimum Gasteiger partial charge on any atom is -0.271 e. The van der Waals surface area contributed by atoms with Crippen molar-refractivity contribution in [2.75, 3.05) is 0 Å². The fraction of sp³-hybridized carbons (Fsp3) is 0.684. The van der Waals surface area contributed by atoms with E-state index in [-0.39, 0.29) is 0 Å². The molecule has 0 amide bonds. The molecule has 2 aliphatic carbocycles. The van der Waals surface area contributed by atoms with Crippen LogP contribution in [0.3, 0.4) is 0 Å². The van der Waals surface area contributed by atoms with Crippen LogP contribution in [-0.2, 0) is 12.8 Å². The number of hydrogen-bond donors (Lipinski definition) is 2. The second kappa shape index (κ2) is 6.93. The fourth-order valence-corrected chi connectivity index (χ4v) is 4.65. The average molecular weight is 286 g/mol. The zero-order chi connectivity index (χ0) is 14.7. The predicted molar refractivity (Wildman–Crippen MR) is 88.8 cm³/mol. The van der Waals surface area contributed by atoms with Crippen molar-refractivity contribution in [2.24, 2.45) is 23.6 Å². The van der Waals surface area contributed by atoms with Crippen LogP contribution in [0, 0.1) is 17.8 Å². The number of fused-ring (bicyclic) bond motifs is 1. The molecule has 0 radical (unpaired) electrons. The molecule has 116 valence electrons. The van der Waals surface area contributed by atoms with Gasteiger partial charge >= 0.3 is 0 Å². The number of hydrogen-bond acceptors (Lipinski definition) is 2. The van der Waals surface area contributed by atoms with E-state index >= 15 is 0 Å². The zero-order valence-corrected chi connectivity index (χ0v) is 13.4. The van der Waals surface area contributed by atoms with Gasteiger partial charge in [0.15, 0.2) is 0 Å². The lowest BCUT2D eigenvalue weighted by molar-refractivity contribution is 0.167. The van der Waals surface area contributed by atoms with E-state index in [1.54, 1.807) is 11.1 Å². The van der Waals surface area contributed by atoms with Crippen molar-refractivity contribution in [3.05, 3.63) is 35.4 Å². The highest BCUT2D eigenvalue weighted by Crippen LogP contribution is 2.37. The Bertz CT molecular complexity index is 449. The first-order valence-corrected chi connectivity index (χ1v) is 8.84. The quantitative estimate of drug-likeness (QED) is 0.652. The Morgan fingerprint density at radius 3 is 2.43 bits per heavy atom. The Kier molecular flexibility index (Phi) is 4.97. The molecule has 0 aliphatic heterocycles. The number of benzene rings is 1. The summed E-state index contributed by atoms with van der Waals surface area (Å²) in [4.78, 5) is 0. The minimum absolute atomic E-state index is 0.510. The molecule has 3 rings (SSSR count). The molecule has 1 aromatic carbocycles. The molecule has 0 spiro atoms. The van der Waals surface area contributed by atoms with E-state index in [0.29, 0.717) is 12.0 Å². The third-order valence-electron chi connectivity index (χ3n) is 6.06. The molecule has 3 N–H and O–H groups in total. The Hall–Kier alpha value is -0.860. The van der Waals surface area contributed by atoms with Crippen molar-refractivity contribution in [1.82, 2.24) is 5.43 Å². The molecule has 2 aliphatic rings. The second-order valence-electron chi connectivity index (χ2n) is 7.15. The molecule has 2 atom stereocenters. The maximum Gasteiger partial charge on any atom is 0.0270 e. The molecule has 0 bridgehead atoms. The van der Waals surface area contributed by atoms with Gasteiger partial charge in [0.05, 0.1) is 0 Å². The molecule has 1 fully saturated rings. The number of nitrogens with one attached hydrogen (secondary N) is 1. The molecular formula is C19H30N2. The maximum absolute atomic E-state index is 5.97. The highest BCUT2D eigenvalue weighted by Gasteiger charge is 2.33. The maximum atomic E-state index is 5.97. The van der Waals surface area contributed by atoms with Gasteiger partial charge in [0, 0.05) is 6.04 Å². The summed E-state index contributed by atoms with van der Waals surface area (Å²) < 4.78 is 0. The SMILES string of the molecule is CCC1CCC(C(NN)C2CCc3ccccc3C2)CC1. The van der Waals surface area contributed by atoms with Gasteiger partial charge in [-0.05, 0) is 61.0 Å². The molecule has 2 unspecified atom stereocenters. The van der Waals surface area contributed by atoms with Gasteiger partial charge in [-0.2, -0.15) is 0 Å². The zero-order valence-electron chi connectivity index (χ0n) is 13.4. The normalized spacial score (nSPS) is 30.7. The van der Waals surface area contributed by atoms with E-state index in [0.717, 1.165) is 11.8 Å². The van der Waals surface area contributed by atoms with Gasteiger partial charge in [0.1, 0.15) is 0 Å². The standard InChI is InChI=1S/C19H30N2/c1-2-14-7-9-16(10-8-14)19(21-20)18-12-11-15-5-3-4-6-17(15)13-18/h3-6,14,16,18-19,21H,2,7-13,20H2,1H3. The third kappa shape index (κ3) is 3.32. The molecule has 0 heterocycles. The summed E-state index contributed by atoms with van der Waals surface area (Å²) in [5, 5.41) is 0. The Balaban J connectivity index is 1.65. The highest BCUT2D eigenvalue weighted by molar-refractivity contribution is 5.30. The lowest BCUT2D eigenvalue weighted by atomic mass is 9.70.